The van der Waals surface area contributed by atoms with Gasteiger partial charge in [0.2, 0.25) is 5.88 Å². The van der Waals surface area contributed by atoms with Crippen molar-refractivity contribution in [3.63, 3.8) is 0 Å². The molecule has 27 heavy (non-hydrogen) atoms. The highest BCUT2D eigenvalue weighted by atomic mass is 32.2. The maximum absolute atomic E-state index is 12.2. The van der Waals surface area contributed by atoms with Crippen LogP contribution in [0.2, 0.25) is 0 Å². The quantitative estimate of drug-likeness (QED) is 0.803. The van der Waals surface area contributed by atoms with Crippen molar-refractivity contribution in [2.24, 2.45) is 10.3 Å². The molecule has 3 aliphatic rings. The number of rotatable bonds is 4. The zero-order valence-electron chi connectivity index (χ0n) is 14.8. The third kappa shape index (κ3) is 3.18. The van der Waals surface area contributed by atoms with Crippen LogP contribution in [0.5, 0.6) is 5.88 Å². The van der Waals surface area contributed by atoms with Gasteiger partial charge in [0.05, 0.1) is 12.3 Å². The molecule has 1 aromatic heterocycles. The van der Waals surface area contributed by atoms with Crippen LogP contribution in [-0.4, -0.2) is 49.0 Å². The number of sulfonamides is 1. The fourth-order valence-corrected chi connectivity index (χ4v) is 4.91. The largest absolute Gasteiger partial charge is 0.476 e. The lowest BCUT2D eigenvalue weighted by atomic mass is 10.1. The first-order valence-electron chi connectivity index (χ1n) is 9.26. The zero-order valence-corrected chi connectivity index (χ0v) is 15.6. The van der Waals surface area contributed by atoms with E-state index in [1.807, 2.05) is 29.2 Å². The van der Waals surface area contributed by atoms with Crippen LogP contribution >= 0.6 is 0 Å². The molecule has 1 unspecified atom stereocenters. The molecule has 8 heteroatoms. The smallest absolute Gasteiger partial charge is 0.285 e. The Balaban J connectivity index is 1.23. The predicted molar refractivity (Wildman–Crippen MR) is 99.3 cm³/mol. The summed E-state index contributed by atoms with van der Waals surface area (Å²) >= 11 is 0. The van der Waals surface area contributed by atoms with Gasteiger partial charge in [-0.2, -0.15) is 13.5 Å². The van der Waals surface area contributed by atoms with Crippen molar-refractivity contribution in [1.29, 1.82) is 0 Å². The molecule has 7 nitrogen and oxygen atoms in total. The first-order chi connectivity index (χ1) is 13.1. The van der Waals surface area contributed by atoms with Gasteiger partial charge in [0.15, 0.2) is 5.84 Å². The average molecular weight is 384 g/mol. The lowest BCUT2D eigenvalue weighted by molar-refractivity contribution is 0.243. The Hall–Kier alpha value is -2.48. The van der Waals surface area contributed by atoms with Crippen molar-refractivity contribution < 1.29 is 13.2 Å². The van der Waals surface area contributed by atoms with Crippen molar-refractivity contribution >= 4 is 15.9 Å². The second-order valence-corrected chi connectivity index (χ2v) is 8.94. The summed E-state index contributed by atoms with van der Waals surface area (Å²) in [6.45, 7) is 2.02. The van der Waals surface area contributed by atoms with E-state index in [0.29, 0.717) is 40.6 Å². The fraction of sp³-hybridized carbons (Fsp3) is 0.421. The number of hydrogen-bond acceptors (Lipinski definition) is 6. The average Bonchev–Trinajstić information content (AvgIpc) is 3.36. The Labute approximate surface area is 158 Å². The summed E-state index contributed by atoms with van der Waals surface area (Å²) in [5.74, 6) is 1.99. The highest BCUT2D eigenvalue weighted by Gasteiger charge is 2.35. The lowest BCUT2D eigenvalue weighted by Crippen LogP contribution is -2.29. The van der Waals surface area contributed by atoms with Gasteiger partial charge in [0.25, 0.3) is 10.0 Å². The van der Waals surface area contributed by atoms with E-state index in [0.717, 1.165) is 25.2 Å². The molecule has 0 bridgehead atoms. The summed E-state index contributed by atoms with van der Waals surface area (Å²) in [6.07, 6.45) is 3.33. The van der Waals surface area contributed by atoms with Crippen LogP contribution in [-0.2, 0) is 10.0 Å². The molecule has 2 aliphatic heterocycles. The molecule has 5 rings (SSSR count). The van der Waals surface area contributed by atoms with Gasteiger partial charge in [-0.15, -0.1) is 9.50 Å². The molecule has 1 saturated heterocycles. The second kappa shape index (κ2) is 6.30. The highest BCUT2D eigenvalue weighted by Crippen LogP contribution is 2.38. The summed E-state index contributed by atoms with van der Waals surface area (Å²) in [6, 6.07) is 10.9. The molecule has 1 atom stereocenters. The Morgan fingerprint density at radius 2 is 1.93 bits per heavy atom. The van der Waals surface area contributed by atoms with Gasteiger partial charge in [-0.05, 0) is 37.5 Å². The minimum atomic E-state index is -3.57. The maximum atomic E-state index is 12.2. The molecule has 140 valence electrons. The van der Waals surface area contributed by atoms with Crippen molar-refractivity contribution in [1.82, 2.24) is 15.1 Å². The third-order valence-corrected chi connectivity index (χ3v) is 6.65. The van der Waals surface area contributed by atoms with Gasteiger partial charge >= 0.3 is 0 Å². The minimum Gasteiger partial charge on any atom is -0.476 e. The molecule has 0 radical (unpaired) electrons. The monoisotopic (exact) mass is 384 g/mol. The van der Waals surface area contributed by atoms with E-state index in [4.69, 9.17) is 4.74 Å². The third-order valence-electron chi connectivity index (χ3n) is 5.32. The van der Waals surface area contributed by atoms with Gasteiger partial charge in [-0.25, -0.2) is 0 Å². The van der Waals surface area contributed by atoms with Gasteiger partial charge < -0.3 is 9.64 Å². The molecule has 1 aromatic carbocycles. The van der Waals surface area contributed by atoms with E-state index >= 15 is 0 Å². The number of nitrogens with zero attached hydrogens (tertiary/aromatic N) is 4. The van der Waals surface area contributed by atoms with Crippen molar-refractivity contribution in [2.45, 2.75) is 30.1 Å². The molecular formula is C19H20N4O3S. The Morgan fingerprint density at radius 3 is 2.70 bits per heavy atom. The van der Waals surface area contributed by atoms with Crippen molar-refractivity contribution in [3.8, 4) is 5.88 Å². The fourth-order valence-electron chi connectivity index (χ4n) is 3.69. The molecule has 2 aromatic rings. The molecule has 0 N–H and O–H groups in total. The number of hydrogen-bond donors (Lipinski definition) is 0. The molecule has 3 heterocycles. The van der Waals surface area contributed by atoms with Crippen LogP contribution < -0.4 is 4.74 Å². The molecule has 0 spiro atoms. The van der Waals surface area contributed by atoms with Crippen LogP contribution in [0.15, 0.2) is 45.7 Å². The van der Waals surface area contributed by atoms with Crippen LogP contribution in [0.3, 0.4) is 0 Å². The predicted octanol–water partition coefficient (Wildman–Crippen LogP) is 2.20. The number of fused-ring (bicyclic) bond motifs is 1. The Morgan fingerprint density at radius 1 is 1.07 bits per heavy atom. The Bertz CT molecular complexity index is 1000. The van der Waals surface area contributed by atoms with Crippen molar-refractivity contribution in [3.05, 3.63) is 47.7 Å². The summed E-state index contributed by atoms with van der Waals surface area (Å²) < 4.78 is 34.3. The molecule has 2 fully saturated rings. The Kier molecular flexibility index (Phi) is 3.89. The SMILES string of the molecule is O=S1(=O)N=C(N2CCC(COc3ccc(C4CC4)nn3)C2)c2ccccc21. The molecule has 1 aliphatic carbocycles. The van der Waals surface area contributed by atoms with E-state index in [1.165, 1.54) is 12.8 Å². The standard InChI is InChI=1S/C19H20N4O3S/c24-27(25)17-4-2-1-3-15(17)19(22-27)23-10-9-13(11-23)12-26-18-8-7-16(20-21-18)14-5-6-14/h1-4,7-8,13-14H,5-6,9-12H2. The number of ether oxygens (including phenoxy) is 1. The first-order valence-corrected chi connectivity index (χ1v) is 10.7. The van der Waals surface area contributed by atoms with E-state index < -0.39 is 10.0 Å². The summed E-state index contributed by atoms with van der Waals surface area (Å²) in [5, 5.41) is 8.39. The molecule has 1 saturated carbocycles. The number of amidine groups is 1. The summed E-state index contributed by atoms with van der Waals surface area (Å²) in [5.41, 5.74) is 1.74. The molecular weight excluding hydrogens is 364 g/mol. The first kappa shape index (κ1) is 16.7. The zero-order chi connectivity index (χ0) is 18.4. The number of benzene rings is 1. The van der Waals surface area contributed by atoms with Gasteiger partial charge in [0.1, 0.15) is 4.90 Å². The summed E-state index contributed by atoms with van der Waals surface area (Å²) in [7, 11) is -3.57. The van der Waals surface area contributed by atoms with Crippen LogP contribution in [0.25, 0.3) is 0 Å². The van der Waals surface area contributed by atoms with E-state index in [-0.39, 0.29) is 0 Å². The topological polar surface area (TPSA) is 84.8 Å². The van der Waals surface area contributed by atoms with Crippen LogP contribution in [0.1, 0.15) is 36.4 Å². The second-order valence-electron chi connectivity index (χ2n) is 7.37. The normalized spacial score (nSPS) is 23.2. The van der Waals surface area contributed by atoms with Crippen LogP contribution in [0, 0.1) is 5.92 Å². The highest BCUT2D eigenvalue weighted by molar-refractivity contribution is 7.90. The van der Waals surface area contributed by atoms with Crippen molar-refractivity contribution in [2.75, 3.05) is 19.7 Å². The number of likely N-dealkylation sites (tertiary alicyclic amines) is 1. The van der Waals surface area contributed by atoms with E-state index in [1.54, 1.807) is 12.1 Å². The van der Waals surface area contributed by atoms with Gasteiger partial charge in [-0.1, -0.05) is 12.1 Å². The molecule has 0 amide bonds. The summed E-state index contributed by atoms with van der Waals surface area (Å²) in [4.78, 5) is 2.34. The van der Waals surface area contributed by atoms with Gasteiger partial charge in [-0.3, -0.25) is 0 Å². The minimum absolute atomic E-state index is 0.297. The maximum Gasteiger partial charge on any atom is 0.285 e. The van der Waals surface area contributed by atoms with Gasteiger partial charge in [0, 0.05) is 36.6 Å². The number of aromatic nitrogens is 2. The van der Waals surface area contributed by atoms with Crippen LogP contribution in [0.4, 0.5) is 0 Å². The van der Waals surface area contributed by atoms with E-state index in [2.05, 4.69) is 14.6 Å². The van der Waals surface area contributed by atoms with E-state index in [9.17, 15) is 8.42 Å². The lowest BCUT2D eigenvalue weighted by Gasteiger charge is -2.18.